The van der Waals surface area contributed by atoms with Gasteiger partial charge in [0.2, 0.25) is 11.8 Å². The second-order valence-electron chi connectivity index (χ2n) is 12.1. The molecule has 0 aliphatic rings. The second-order valence-corrected chi connectivity index (χ2v) is 14.6. The lowest BCUT2D eigenvalue weighted by molar-refractivity contribution is -0.125. The number of rotatable bonds is 15. The van der Waals surface area contributed by atoms with Crippen molar-refractivity contribution in [1.29, 1.82) is 0 Å². The highest BCUT2D eigenvalue weighted by Crippen LogP contribution is 2.44. The van der Waals surface area contributed by atoms with Crippen LogP contribution in [-0.4, -0.2) is 23.3 Å². The summed E-state index contributed by atoms with van der Waals surface area (Å²) < 4.78 is 0. The fourth-order valence-corrected chi connectivity index (χ4v) is 9.34. The Kier molecular flexibility index (Phi) is 11.9. The zero-order valence-corrected chi connectivity index (χ0v) is 29.4. The van der Waals surface area contributed by atoms with E-state index in [0.717, 1.165) is 33.4 Å². The lowest BCUT2D eigenvalue weighted by Gasteiger charge is -2.35. The van der Waals surface area contributed by atoms with Gasteiger partial charge >= 0.3 is 0 Å². The number of benzene rings is 6. The molecule has 0 heterocycles. The van der Waals surface area contributed by atoms with Crippen LogP contribution < -0.4 is 10.6 Å². The van der Waals surface area contributed by atoms with Gasteiger partial charge in [0.15, 0.2) is 0 Å². The summed E-state index contributed by atoms with van der Waals surface area (Å²) in [5.74, 6) is 0.782. The molecule has 0 radical (unpaired) electrons. The van der Waals surface area contributed by atoms with E-state index >= 15 is 0 Å². The Balaban J connectivity index is 1.33. The number of carbonyl (C=O) groups excluding carboxylic acids is 2. The largest absolute Gasteiger partial charge is 0.351 e. The summed E-state index contributed by atoms with van der Waals surface area (Å²) in [4.78, 5) is 29.2. The van der Waals surface area contributed by atoms with E-state index in [-0.39, 0.29) is 11.8 Å². The van der Waals surface area contributed by atoms with Crippen LogP contribution in [-0.2, 0) is 33.5 Å². The van der Waals surface area contributed by atoms with Gasteiger partial charge in [-0.3, -0.25) is 9.59 Å². The van der Waals surface area contributed by atoms with Crippen LogP contribution in [0.15, 0.2) is 182 Å². The molecule has 0 saturated heterocycles. The lowest BCUT2D eigenvalue weighted by Crippen LogP contribution is -2.48. The van der Waals surface area contributed by atoms with Gasteiger partial charge < -0.3 is 10.6 Å². The molecule has 6 aromatic carbocycles. The summed E-state index contributed by atoms with van der Waals surface area (Å²) in [5.41, 5.74) is 3.79. The molecule has 6 heteroatoms. The molecule has 2 amide bonds. The van der Waals surface area contributed by atoms with Gasteiger partial charge in [-0.15, -0.1) is 0 Å². The lowest BCUT2D eigenvalue weighted by atomic mass is 9.75. The highest BCUT2D eigenvalue weighted by atomic mass is 33.1. The summed E-state index contributed by atoms with van der Waals surface area (Å²) in [5, 5.41) is 6.54. The molecule has 6 aromatic rings. The van der Waals surface area contributed by atoms with Crippen molar-refractivity contribution in [3.05, 3.63) is 215 Å². The van der Waals surface area contributed by atoms with Crippen molar-refractivity contribution < 1.29 is 9.59 Å². The Labute approximate surface area is 303 Å². The maximum Gasteiger partial charge on any atom is 0.236 e. The van der Waals surface area contributed by atoms with E-state index in [9.17, 15) is 9.59 Å². The molecule has 0 aliphatic carbocycles. The molecule has 2 N–H and O–H groups in total. The van der Waals surface area contributed by atoms with E-state index in [0.29, 0.717) is 24.6 Å². The molecule has 0 spiro atoms. The average molecular weight is 693 g/mol. The van der Waals surface area contributed by atoms with Crippen LogP contribution in [0.5, 0.6) is 0 Å². The van der Waals surface area contributed by atoms with Gasteiger partial charge in [0, 0.05) is 24.6 Å². The number of hydrogen-bond donors (Lipinski definition) is 2. The molecular formula is C44H40N2O2S2. The standard InChI is InChI=1S/C44H40N2O2S2/c47-41(45-31-35-19-7-1-8-20-35)43(37-23-11-3-12-24-37,38-25-13-4-14-26-38)33-49-50-34-44(39-27-15-5-16-28-39,40-29-17-6-18-30-40)42(48)46-32-36-21-9-2-10-22-36/h1-30H,31-34H2,(H,45,47)(H,46,48). The molecule has 0 aromatic heterocycles. The third-order valence-corrected chi connectivity index (χ3v) is 11.5. The van der Waals surface area contributed by atoms with E-state index in [1.165, 1.54) is 0 Å². The average Bonchev–Trinajstić information content (AvgIpc) is 3.20. The predicted molar refractivity (Wildman–Crippen MR) is 209 cm³/mol. The monoisotopic (exact) mass is 692 g/mol. The summed E-state index contributed by atoms with van der Waals surface area (Å²) in [6, 6.07) is 60.1. The van der Waals surface area contributed by atoms with E-state index in [2.05, 4.69) is 10.6 Å². The van der Waals surface area contributed by atoms with Crippen LogP contribution in [0.3, 0.4) is 0 Å². The summed E-state index contributed by atoms with van der Waals surface area (Å²) in [7, 11) is 3.25. The van der Waals surface area contributed by atoms with Crippen LogP contribution in [0, 0.1) is 0 Å². The van der Waals surface area contributed by atoms with Crippen molar-refractivity contribution in [2.75, 3.05) is 11.5 Å². The van der Waals surface area contributed by atoms with Crippen LogP contribution >= 0.6 is 21.6 Å². The molecule has 0 saturated carbocycles. The van der Waals surface area contributed by atoms with Crippen molar-refractivity contribution in [3.63, 3.8) is 0 Å². The van der Waals surface area contributed by atoms with Gasteiger partial charge in [0.25, 0.3) is 0 Å². The van der Waals surface area contributed by atoms with Crippen LogP contribution in [0.25, 0.3) is 0 Å². The van der Waals surface area contributed by atoms with Crippen molar-refractivity contribution in [1.82, 2.24) is 10.6 Å². The molecule has 250 valence electrons. The Hall–Kier alpha value is -5.04. The zero-order valence-electron chi connectivity index (χ0n) is 27.8. The SMILES string of the molecule is O=C(NCc1ccccc1)C(CSSCC(C(=O)NCc1ccccc1)(c1ccccc1)c1ccccc1)(c1ccccc1)c1ccccc1. The number of carbonyl (C=O) groups is 2. The fraction of sp³-hybridized carbons (Fsp3) is 0.136. The molecule has 0 atom stereocenters. The molecule has 0 bridgehead atoms. The van der Waals surface area contributed by atoms with E-state index in [4.69, 9.17) is 0 Å². The van der Waals surface area contributed by atoms with E-state index in [1.807, 2.05) is 182 Å². The molecular weight excluding hydrogens is 653 g/mol. The Morgan fingerprint density at radius 2 is 0.620 bits per heavy atom. The van der Waals surface area contributed by atoms with Gasteiger partial charge in [0.1, 0.15) is 10.8 Å². The van der Waals surface area contributed by atoms with Crippen LogP contribution in [0.4, 0.5) is 0 Å². The van der Waals surface area contributed by atoms with Crippen molar-refractivity contribution in [3.8, 4) is 0 Å². The van der Waals surface area contributed by atoms with E-state index < -0.39 is 10.8 Å². The highest BCUT2D eigenvalue weighted by Gasteiger charge is 2.44. The first-order chi connectivity index (χ1) is 24.6. The molecule has 50 heavy (non-hydrogen) atoms. The summed E-state index contributed by atoms with van der Waals surface area (Å²) >= 11 is 0. The smallest absolute Gasteiger partial charge is 0.236 e. The normalized spacial score (nSPS) is 11.4. The zero-order chi connectivity index (χ0) is 34.5. The first-order valence-corrected chi connectivity index (χ1v) is 19.2. The van der Waals surface area contributed by atoms with Gasteiger partial charge in [-0.2, -0.15) is 0 Å². The summed E-state index contributed by atoms with van der Waals surface area (Å²) in [6.45, 7) is 0.844. The van der Waals surface area contributed by atoms with Crippen molar-refractivity contribution in [2.24, 2.45) is 0 Å². The fourth-order valence-electron chi connectivity index (χ4n) is 6.33. The van der Waals surface area contributed by atoms with Gasteiger partial charge in [-0.1, -0.05) is 204 Å². The Bertz CT molecular complexity index is 1700. The topological polar surface area (TPSA) is 58.2 Å². The Morgan fingerprint density at radius 3 is 0.880 bits per heavy atom. The predicted octanol–water partition coefficient (Wildman–Crippen LogP) is 8.97. The molecule has 0 fully saturated rings. The van der Waals surface area contributed by atoms with Gasteiger partial charge in [-0.05, 0) is 33.4 Å². The molecule has 6 rings (SSSR count). The first-order valence-electron chi connectivity index (χ1n) is 16.7. The summed E-state index contributed by atoms with van der Waals surface area (Å²) in [6.07, 6.45) is 0. The maximum atomic E-state index is 14.6. The molecule has 0 unspecified atom stereocenters. The van der Waals surface area contributed by atoms with Crippen molar-refractivity contribution in [2.45, 2.75) is 23.9 Å². The quantitative estimate of drug-likeness (QED) is 0.0834. The van der Waals surface area contributed by atoms with Crippen LogP contribution in [0.1, 0.15) is 33.4 Å². The second kappa shape index (κ2) is 17.1. The number of nitrogens with one attached hydrogen (secondary N) is 2. The van der Waals surface area contributed by atoms with Gasteiger partial charge in [-0.25, -0.2) is 0 Å². The number of hydrogen-bond acceptors (Lipinski definition) is 4. The Morgan fingerprint density at radius 1 is 0.380 bits per heavy atom. The molecule has 0 aliphatic heterocycles. The van der Waals surface area contributed by atoms with Crippen LogP contribution in [0.2, 0.25) is 0 Å². The highest BCUT2D eigenvalue weighted by molar-refractivity contribution is 8.76. The third-order valence-electron chi connectivity index (χ3n) is 9.07. The van der Waals surface area contributed by atoms with Gasteiger partial charge in [0.05, 0.1) is 0 Å². The minimum absolute atomic E-state index is 0.0650. The maximum absolute atomic E-state index is 14.6. The third kappa shape index (κ3) is 7.88. The van der Waals surface area contributed by atoms with E-state index in [1.54, 1.807) is 21.6 Å². The van der Waals surface area contributed by atoms with Crippen molar-refractivity contribution >= 4 is 33.4 Å². The molecule has 4 nitrogen and oxygen atoms in total. The minimum atomic E-state index is -0.979. The minimum Gasteiger partial charge on any atom is -0.351 e. The first kappa shape index (κ1) is 34.8. The number of amides is 2.